The Morgan fingerprint density at radius 3 is 2.50 bits per heavy atom. The fourth-order valence-electron chi connectivity index (χ4n) is 2.79. The molecule has 0 saturated carbocycles. The van der Waals surface area contributed by atoms with E-state index in [2.05, 4.69) is 4.72 Å². The zero-order chi connectivity index (χ0) is 17.5. The number of carbonyl (C=O) groups is 1. The predicted octanol–water partition coefficient (Wildman–Crippen LogP) is 3.10. The molecule has 1 heterocycles. The van der Waals surface area contributed by atoms with Crippen molar-refractivity contribution in [3.8, 4) is 0 Å². The van der Waals surface area contributed by atoms with Crippen molar-refractivity contribution in [2.45, 2.75) is 24.2 Å². The highest BCUT2D eigenvalue weighted by Crippen LogP contribution is 2.36. The van der Waals surface area contributed by atoms with Gasteiger partial charge in [-0.15, -0.1) is 0 Å². The number of carbonyl (C=O) groups excluding carboxylic acids is 1. The number of fused-ring (bicyclic) bond motifs is 1. The number of hydrogen-bond acceptors (Lipinski definition) is 3. The molecule has 1 N–H and O–H groups in total. The number of hydrogen-bond donors (Lipinski definition) is 1. The normalized spacial score (nSPS) is 17.5. The van der Waals surface area contributed by atoms with Crippen molar-refractivity contribution in [1.82, 2.24) is 0 Å². The van der Waals surface area contributed by atoms with E-state index in [1.54, 1.807) is 30.1 Å². The van der Waals surface area contributed by atoms with Gasteiger partial charge in [0, 0.05) is 24.8 Å². The number of rotatable bonds is 3. The molecule has 1 unspecified atom stereocenters. The van der Waals surface area contributed by atoms with Crippen molar-refractivity contribution in [2.24, 2.45) is 0 Å². The van der Waals surface area contributed by atoms with Crippen LogP contribution in [0.25, 0.3) is 0 Å². The fourth-order valence-corrected chi connectivity index (χ4v) is 3.84. The van der Waals surface area contributed by atoms with Crippen LogP contribution in [0.1, 0.15) is 24.8 Å². The number of amides is 1. The fraction of sp³-hybridized carbons (Fsp3) is 0.235. The van der Waals surface area contributed by atoms with Crippen LogP contribution in [0.5, 0.6) is 0 Å². The van der Waals surface area contributed by atoms with Crippen molar-refractivity contribution in [2.75, 3.05) is 16.7 Å². The smallest absolute Gasteiger partial charge is 0.261 e. The Morgan fingerprint density at radius 2 is 1.83 bits per heavy atom. The van der Waals surface area contributed by atoms with Crippen LogP contribution in [-0.2, 0) is 14.8 Å². The second-order valence-electron chi connectivity index (χ2n) is 5.89. The van der Waals surface area contributed by atoms with E-state index in [-0.39, 0.29) is 16.7 Å². The minimum atomic E-state index is -3.80. The molecule has 2 aromatic rings. The van der Waals surface area contributed by atoms with Crippen LogP contribution in [0, 0.1) is 5.82 Å². The van der Waals surface area contributed by atoms with E-state index < -0.39 is 15.8 Å². The summed E-state index contributed by atoms with van der Waals surface area (Å²) in [6.07, 6.45) is 0.387. The lowest BCUT2D eigenvalue weighted by Gasteiger charge is -2.30. The summed E-state index contributed by atoms with van der Waals surface area (Å²) >= 11 is 0. The predicted molar refractivity (Wildman–Crippen MR) is 90.1 cm³/mol. The molecule has 3 rings (SSSR count). The molecule has 1 atom stereocenters. The van der Waals surface area contributed by atoms with E-state index in [0.29, 0.717) is 12.1 Å². The van der Waals surface area contributed by atoms with E-state index in [0.717, 1.165) is 23.4 Å². The Morgan fingerprint density at radius 1 is 1.17 bits per heavy atom. The standard InChI is InChI=1S/C17H17FN2O3S/c1-11-9-17(21)20(2)16-8-5-13(10-15(11)16)19-24(22,23)14-6-3-12(18)4-7-14/h3-8,10-11,19H,9H2,1-2H3. The Labute approximate surface area is 140 Å². The zero-order valence-electron chi connectivity index (χ0n) is 13.3. The van der Waals surface area contributed by atoms with Crippen LogP contribution >= 0.6 is 0 Å². The van der Waals surface area contributed by atoms with Gasteiger partial charge in [-0.3, -0.25) is 9.52 Å². The number of benzene rings is 2. The summed E-state index contributed by atoms with van der Waals surface area (Å²) in [6, 6.07) is 9.71. The monoisotopic (exact) mass is 348 g/mol. The minimum absolute atomic E-state index is 0.0121. The molecule has 7 heteroatoms. The molecule has 24 heavy (non-hydrogen) atoms. The molecular weight excluding hydrogens is 331 g/mol. The van der Waals surface area contributed by atoms with Crippen LogP contribution in [-0.4, -0.2) is 21.4 Å². The highest BCUT2D eigenvalue weighted by molar-refractivity contribution is 7.92. The van der Waals surface area contributed by atoms with Crippen molar-refractivity contribution < 1.29 is 17.6 Å². The van der Waals surface area contributed by atoms with Crippen molar-refractivity contribution in [1.29, 1.82) is 0 Å². The van der Waals surface area contributed by atoms with Crippen molar-refractivity contribution >= 4 is 27.3 Å². The van der Waals surface area contributed by atoms with Gasteiger partial charge >= 0.3 is 0 Å². The highest BCUT2D eigenvalue weighted by Gasteiger charge is 2.27. The summed E-state index contributed by atoms with van der Waals surface area (Å²) in [5.41, 5.74) is 2.10. The molecule has 126 valence electrons. The SMILES string of the molecule is CC1CC(=O)N(C)c2ccc(NS(=O)(=O)c3ccc(F)cc3)cc21. The van der Waals surface area contributed by atoms with Crippen LogP contribution in [0.3, 0.4) is 0 Å². The third kappa shape index (κ3) is 2.99. The first-order valence-corrected chi connectivity index (χ1v) is 8.95. The molecule has 0 aliphatic carbocycles. The summed E-state index contributed by atoms with van der Waals surface area (Å²) in [5.74, 6) is -0.446. The molecular formula is C17H17FN2O3S. The van der Waals surface area contributed by atoms with Gasteiger partial charge in [-0.2, -0.15) is 0 Å². The second-order valence-corrected chi connectivity index (χ2v) is 7.57. The summed E-state index contributed by atoms with van der Waals surface area (Å²) in [5, 5.41) is 0. The van der Waals surface area contributed by atoms with Gasteiger partial charge in [-0.05, 0) is 53.9 Å². The van der Waals surface area contributed by atoms with E-state index in [1.807, 2.05) is 6.92 Å². The average molecular weight is 348 g/mol. The molecule has 0 fully saturated rings. The van der Waals surface area contributed by atoms with Crippen LogP contribution < -0.4 is 9.62 Å². The van der Waals surface area contributed by atoms with Crippen LogP contribution in [0.2, 0.25) is 0 Å². The van der Waals surface area contributed by atoms with Gasteiger partial charge in [0.25, 0.3) is 10.0 Å². The summed E-state index contributed by atoms with van der Waals surface area (Å²) in [6.45, 7) is 1.93. The number of nitrogens with one attached hydrogen (secondary N) is 1. The molecule has 0 spiro atoms. The Bertz CT molecular complexity index is 895. The summed E-state index contributed by atoms with van der Waals surface area (Å²) < 4.78 is 40.2. The Hall–Kier alpha value is -2.41. The highest BCUT2D eigenvalue weighted by atomic mass is 32.2. The lowest BCUT2D eigenvalue weighted by Crippen LogP contribution is -2.32. The Kier molecular flexibility index (Phi) is 4.04. The third-order valence-electron chi connectivity index (χ3n) is 4.15. The minimum Gasteiger partial charge on any atom is -0.315 e. The number of nitrogens with zero attached hydrogens (tertiary/aromatic N) is 1. The van der Waals surface area contributed by atoms with Crippen molar-refractivity contribution in [3.63, 3.8) is 0 Å². The lowest BCUT2D eigenvalue weighted by atomic mass is 9.91. The van der Waals surface area contributed by atoms with E-state index in [9.17, 15) is 17.6 Å². The van der Waals surface area contributed by atoms with Gasteiger partial charge < -0.3 is 4.90 Å². The van der Waals surface area contributed by atoms with Gasteiger partial charge in [-0.1, -0.05) is 6.92 Å². The van der Waals surface area contributed by atoms with Gasteiger partial charge in [0.05, 0.1) is 4.90 Å². The molecule has 0 saturated heterocycles. The number of halogens is 1. The van der Waals surface area contributed by atoms with Gasteiger partial charge in [0.1, 0.15) is 5.82 Å². The first kappa shape index (κ1) is 16.4. The first-order chi connectivity index (χ1) is 11.3. The maximum Gasteiger partial charge on any atom is 0.261 e. The maximum absolute atomic E-state index is 13.0. The molecule has 1 amide bonds. The zero-order valence-corrected chi connectivity index (χ0v) is 14.1. The second kappa shape index (κ2) is 5.90. The molecule has 0 aromatic heterocycles. The molecule has 1 aliphatic rings. The Balaban J connectivity index is 1.93. The number of sulfonamides is 1. The maximum atomic E-state index is 13.0. The summed E-state index contributed by atoms with van der Waals surface area (Å²) in [7, 11) is -2.09. The lowest BCUT2D eigenvalue weighted by molar-refractivity contribution is -0.119. The third-order valence-corrected chi connectivity index (χ3v) is 5.55. The van der Waals surface area contributed by atoms with E-state index in [4.69, 9.17) is 0 Å². The largest absolute Gasteiger partial charge is 0.315 e. The van der Waals surface area contributed by atoms with Crippen LogP contribution in [0.4, 0.5) is 15.8 Å². The van der Waals surface area contributed by atoms with E-state index in [1.165, 1.54) is 12.1 Å². The number of anilines is 2. The molecule has 0 bridgehead atoms. The van der Waals surface area contributed by atoms with E-state index >= 15 is 0 Å². The van der Waals surface area contributed by atoms with Crippen LogP contribution in [0.15, 0.2) is 47.4 Å². The average Bonchev–Trinajstić information content (AvgIpc) is 2.53. The first-order valence-electron chi connectivity index (χ1n) is 7.47. The summed E-state index contributed by atoms with van der Waals surface area (Å²) in [4.78, 5) is 13.4. The van der Waals surface area contributed by atoms with Crippen molar-refractivity contribution in [3.05, 3.63) is 53.8 Å². The molecule has 0 radical (unpaired) electrons. The molecule has 1 aliphatic heterocycles. The molecule has 2 aromatic carbocycles. The molecule has 5 nitrogen and oxygen atoms in total. The van der Waals surface area contributed by atoms with Gasteiger partial charge in [0.2, 0.25) is 5.91 Å². The van der Waals surface area contributed by atoms with Gasteiger partial charge in [0.15, 0.2) is 0 Å². The van der Waals surface area contributed by atoms with Gasteiger partial charge in [-0.25, -0.2) is 12.8 Å². The topological polar surface area (TPSA) is 66.5 Å². The quantitative estimate of drug-likeness (QED) is 0.927.